The minimum atomic E-state index is -3.66. The molecule has 0 rings (SSSR count). The Morgan fingerprint density at radius 3 is 1.50 bits per heavy atom. The van der Waals surface area contributed by atoms with Crippen molar-refractivity contribution in [2.75, 3.05) is 19.0 Å². The standard InChI is InChI=1S/C3H8O3.C2H6O3S/c4-1-3(6)2-5;1-2-6(3,4)5/h3-6H,1-2H2;2H2,1H3,(H,3,4,5). The van der Waals surface area contributed by atoms with Gasteiger partial charge in [-0.05, 0) is 6.92 Å². The Kier molecular flexibility index (Phi) is 8.88. The lowest BCUT2D eigenvalue weighted by Gasteiger charge is -1.96. The van der Waals surface area contributed by atoms with Crippen molar-refractivity contribution in [2.24, 2.45) is 0 Å². The summed E-state index contributed by atoms with van der Waals surface area (Å²) in [6.07, 6.45) is -0.954. The first-order chi connectivity index (χ1) is 5.37. The van der Waals surface area contributed by atoms with Crippen molar-refractivity contribution in [1.82, 2.24) is 0 Å². The summed E-state index contributed by atoms with van der Waals surface area (Å²) in [4.78, 5) is 0. The molecule has 0 bridgehead atoms. The Bertz CT molecular complexity index is 170. The van der Waals surface area contributed by atoms with Gasteiger partial charge in [-0.3, -0.25) is 4.55 Å². The van der Waals surface area contributed by atoms with Crippen LogP contribution in [0.4, 0.5) is 0 Å². The number of hydrogen-bond donors (Lipinski definition) is 4. The van der Waals surface area contributed by atoms with Crippen LogP contribution in [0.2, 0.25) is 0 Å². The summed E-state index contributed by atoms with van der Waals surface area (Å²) in [7, 11) is -3.66. The molecule has 7 heteroatoms. The predicted molar refractivity (Wildman–Crippen MR) is 42.3 cm³/mol. The number of aliphatic hydroxyl groups is 3. The highest BCUT2D eigenvalue weighted by Crippen LogP contribution is 1.74. The lowest BCUT2D eigenvalue weighted by atomic mass is 10.4. The molecule has 0 fully saturated rings. The summed E-state index contributed by atoms with van der Waals surface area (Å²) in [5.74, 6) is -0.201. The maximum absolute atomic E-state index is 9.56. The molecular weight excluding hydrogens is 188 g/mol. The summed E-state index contributed by atoms with van der Waals surface area (Å²) < 4.78 is 26.9. The Hall–Kier alpha value is -0.210. The van der Waals surface area contributed by atoms with Crippen LogP contribution in [-0.4, -0.2) is 53.4 Å². The van der Waals surface area contributed by atoms with Gasteiger partial charge in [0.2, 0.25) is 0 Å². The van der Waals surface area contributed by atoms with Crippen molar-refractivity contribution >= 4 is 10.1 Å². The van der Waals surface area contributed by atoms with Gasteiger partial charge in [-0.15, -0.1) is 0 Å². The predicted octanol–water partition coefficient (Wildman–Crippen LogP) is -1.77. The molecular formula is C5H14O6S. The molecule has 0 saturated carbocycles. The van der Waals surface area contributed by atoms with Gasteiger partial charge in [-0.2, -0.15) is 8.42 Å². The zero-order valence-corrected chi connectivity index (χ0v) is 7.53. The average molecular weight is 202 g/mol. The molecule has 0 aliphatic heterocycles. The van der Waals surface area contributed by atoms with E-state index in [1.54, 1.807) is 0 Å². The van der Waals surface area contributed by atoms with E-state index in [1.165, 1.54) is 6.92 Å². The molecule has 0 saturated heterocycles. The lowest BCUT2D eigenvalue weighted by Crippen LogP contribution is -2.15. The molecule has 0 atom stereocenters. The zero-order valence-electron chi connectivity index (χ0n) is 6.71. The molecule has 76 valence electrons. The molecule has 0 aromatic carbocycles. The molecule has 12 heavy (non-hydrogen) atoms. The molecule has 4 N–H and O–H groups in total. The summed E-state index contributed by atoms with van der Waals surface area (Å²) >= 11 is 0. The Balaban J connectivity index is 0. The van der Waals surface area contributed by atoms with Crippen LogP contribution < -0.4 is 0 Å². The van der Waals surface area contributed by atoms with Gasteiger partial charge in [0.15, 0.2) is 0 Å². The topological polar surface area (TPSA) is 115 Å². The van der Waals surface area contributed by atoms with Gasteiger partial charge in [-0.1, -0.05) is 0 Å². The molecule has 0 radical (unpaired) electrons. The minimum Gasteiger partial charge on any atom is -0.394 e. The van der Waals surface area contributed by atoms with Crippen LogP contribution in [0.3, 0.4) is 0 Å². The summed E-state index contributed by atoms with van der Waals surface area (Å²) in [6.45, 7) is 0.641. The highest BCUT2D eigenvalue weighted by atomic mass is 32.2. The fraction of sp³-hybridized carbons (Fsp3) is 1.00. The van der Waals surface area contributed by atoms with E-state index in [9.17, 15) is 8.42 Å². The van der Waals surface area contributed by atoms with Crippen LogP contribution in [0.1, 0.15) is 6.92 Å². The fourth-order valence-corrected chi connectivity index (χ4v) is 0.0577. The van der Waals surface area contributed by atoms with Crippen molar-refractivity contribution in [1.29, 1.82) is 0 Å². The van der Waals surface area contributed by atoms with Gasteiger partial charge in [0, 0.05) is 0 Å². The third kappa shape index (κ3) is 16.4. The molecule has 0 aromatic heterocycles. The third-order valence-electron chi connectivity index (χ3n) is 0.786. The SMILES string of the molecule is CCS(=O)(=O)O.OCC(O)CO. The average Bonchev–Trinajstić information content (AvgIpc) is 2.03. The van der Waals surface area contributed by atoms with E-state index in [2.05, 4.69) is 0 Å². The van der Waals surface area contributed by atoms with Crippen LogP contribution in [0.15, 0.2) is 0 Å². The molecule has 0 amide bonds. The van der Waals surface area contributed by atoms with Crippen LogP contribution in [0, 0.1) is 0 Å². The van der Waals surface area contributed by atoms with Gasteiger partial charge in [0.1, 0.15) is 6.10 Å². The van der Waals surface area contributed by atoms with E-state index in [1.807, 2.05) is 0 Å². The summed E-state index contributed by atoms with van der Waals surface area (Å²) in [5.41, 5.74) is 0. The Morgan fingerprint density at radius 2 is 1.50 bits per heavy atom. The van der Waals surface area contributed by atoms with Gasteiger partial charge in [-0.25, -0.2) is 0 Å². The molecule has 6 nitrogen and oxygen atoms in total. The van der Waals surface area contributed by atoms with Gasteiger partial charge >= 0.3 is 0 Å². The monoisotopic (exact) mass is 202 g/mol. The zero-order chi connectivity index (χ0) is 10.2. The van der Waals surface area contributed by atoms with E-state index < -0.39 is 16.2 Å². The summed E-state index contributed by atoms with van der Waals surface area (Å²) in [6, 6.07) is 0. The molecule has 0 aliphatic rings. The normalized spacial score (nSPS) is 10.8. The van der Waals surface area contributed by atoms with E-state index in [-0.39, 0.29) is 19.0 Å². The Labute approximate surface area is 71.2 Å². The number of aliphatic hydroxyl groups excluding tert-OH is 3. The molecule has 0 spiro atoms. The smallest absolute Gasteiger partial charge is 0.264 e. The van der Waals surface area contributed by atoms with Crippen molar-refractivity contribution in [3.05, 3.63) is 0 Å². The minimum absolute atomic E-state index is 0.201. The van der Waals surface area contributed by atoms with Crippen molar-refractivity contribution in [2.45, 2.75) is 13.0 Å². The highest BCUT2D eigenvalue weighted by molar-refractivity contribution is 7.85. The first-order valence-corrected chi connectivity index (χ1v) is 4.83. The second-order valence-corrected chi connectivity index (χ2v) is 3.63. The van der Waals surface area contributed by atoms with Gasteiger partial charge < -0.3 is 15.3 Å². The second-order valence-electron chi connectivity index (χ2n) is 1.89. The van der Waals surface area contributed by atoms with Crippen molar-refractivity contribution < 1.29 is 28.3 Å². The summed E-state index contributed by atoms with van der Waals surface area (Å²) in [5, 5.41) is 24.0. The molecule has 0 unspecified atom stereocenters. The molecule has 0 aromatic rings. The quantitative estimate of drug-likeness (QED) is 0.402. The van der Waals surface area contributed by atoms with Gasteiger partial charge in [0.25, 0.3) is 10.1 Å². The largest absolute Gasteiger partial charge is 0.394 e. The number of rotatable bonds is 3. The first kappa shape index (κ1) is 14.3. The van der Waals surface area contributed by atoms with Crippen molar-refractivity contribution in [3.63, 3.8) is 0 Å². The molecule has 0 heterocycles. The maximum atomic E-state index is 9.56. The molecule has 0 aliphatic carbocycles. The van der Waals surface area contributed by atoms with Gasteiger partial charge in [0.05, 0.1) is 19.0 Å². The van der Waals surface area contributed by atoms with Crippen LogP contribution >= 0.6 is 0 Å². The third-order valence-corrected chi connectivity index (χ3v) is 1.52. The highest BCUT2D eigenvalue weighted by Gasteiger charge is 1.94. The van der Waals surface area contributed by atoms with Crippen LogP contribution in [0.25, 0.3) is 0 Å². The first-order valence-electron chi connectivity index (χ1n) is 3.22. The van der Waals surface area contributed by atoms with Crippen molar-refractivity contribution in [3.8, 4) is 0 Å². The Morgan fingerprint density at radius 1 is 1.25 bits per heavy atom. The second kappa shape index (κ2) is 7.44. The van der Waals surface area contributed by atoms with Crippen LogP contribution in [-0.2, 0) is 10.1 Å². The maximum Gasteiger partial charge on any atom is 0.264 e. The lowest BCUT2D eigenvalue weighted by molar-refractivity contribution is 0.0450. The number of hydrogen-bond acceptors (Lipinski definition) is 5. The van der Waals surface area contributed by atoms with Crippen LogP contribution in [0.5, 0.6) is 0 Å². The fourth-order valence-electron chi connectivity index (χ4n) is 0.0577. The van der Waals surface area contributed by atoms with E-state index >= 15 is 0 Å². The van der Waals surface area contributed by atoms with E-state index in [4.69, 9.17) is 19.9 Å². The van der Waals surface area contributed by atoms with E-state index in [0.717, 1.165) is 0 Å². The van der Waals surface area contributed by atoms with E-state index in [0.29, 0.717) is 0 Å².